The summed E-state index contributed by atoms with van der Waals surface area (Å²) in [6.07, 6.45) is 2.37. The van der Waals surface area contributed by atoms with Crippen LogP contribution in [0.1, 0.15) is 48.1 Å². The third-order valence-electron chi connectivity index (χ3n) is 3.90. The lowest BCUT2D eigenvalue weighted by Crippen LogP contribution is -2.20. The van der Waals surface area contributed by atoms with Crippen molar-refractivity contribution in [1.82, 2.24) is 5.32 Å². The summed E-state index contributed by atoms with van der Waals surface area (Å²) in [5, 5.41) is 3.70. The summed E-state index contributed by atoms with van der Waals surface area (Å²) in [7, 11) is 0. The summed E-state index contributed by atoms with van der Waals surface area (Å²) >= 11 is 0. The minimum atomic E-state index is 0.447. The number of benzene rings is 2. The lowest BCUT2D eigenvalue weighted by atomic mass is 10.0. The molecule has 0 aliphatic rings. The van der Waals surface area contributed by atoms with Crippen molar-refractivity contribution in [2.75, 3.05) is 0 Å². The fourth-order valence-electron chi connectivity index (χ4n) is 2.52. The first kappa shape index (κ1) is 14.8. The van der Waals surface area contributed by atoms with E-state index >= 15 is 0 Å². The average molecular weight is 267 g/mol. The topological polar surface area (TPSA) is 12.0 Å². The largest absolute Gasteiger partial charge is 0.306 e. The molecular formula is C19H25N. The van der Waals surface area contributed by atoms with Crippen LogP contribution in [0, 0.1) is 13.8 Å². The van der Waals surface area contributed by atoms with E-state index in [1.165, 1.54) is 35.1 Å². The third kappa shape index (κ3) is 3.94. The van der Waals surface area contributed by atoms with Crippen molar-refractivity contribution >= 4 is 0 Å². The third-order valence-corrected chi connectivity index (χ3v) is 3.90. The second kappa shape index (κ2) is 7.25. The first-order valence-corrected chi connectivity index (χ1v) is 7.55. The summed E-state index contributed by atoms with van der Waals surface area (Å²) in [4.78, 5) is 0. The van der Waals surface area contributed by atoms with Crippen LogP contribution in [0.15, 0.2) is 48.5 Å². The first-order valence-electron chi connectivity index (χ1n) is 7.55. The Morgan fingerprint density at radius 3 is 2.35 bits per heavy atom. The summed E-state index contributed by atoms with van der Waals surface area (Å²) in [6, 6.07) is 17.9. The molecule has 0 heterocycles. The Morgan fingerprint density at radius 1 is 0.950 bits per heavy atom. The van der Waals surface area contributed by atoms with Crippen molar-refractivity contribution in [1.29, 1.82) is 0 Å². The van der Waals surface area contributed by atoms with Gasteiger partial charge in [0.25, 0.3) is 0 Å². The zero-order chi connectivity index (χ0) is 14.4. The van der Waals surface area contributed by atoms with Gasteiger partial charge in [0.2, 0.25) is 0 Å². The molecule has 0 fully saturated rings. The molecule has 1 atom stereocenters. The average Bonchev–Trinajstić information content (AvgIpc) is 2.48. The molecule has 0 spiro atoms. The molecule has 1 N–H and O–H groups in total. The maximum absolute atomic E-state index is 3.70. The van der Waals surface area contributed by atoms with E-state index in [-0.39, 0.29) is 0 Å². The molecule has 1 nitrogen and oxygen atoms in total. The molecule has 0 aromatic heterocycles. The predicted octanol–water partition coefficient (Wildman–Crippen LogP) is 4.93. The van der Waals surface area contributed by atoms with E-state index in [1.54, 1.807) is 0 Å². The normalized spacial score (nSPS) is 12.3. The SMILES string of the molecule is CCCC(NCc1ccc(C)c(C)c1)c1ccccc1. The molecular weight excluding hydrogens is 242 g/mol. The predicted molar refractivity (Wildman–Crippen MR) is 86.8 cm³/mol. The van der Waals surface area contributed by atoms with Gasteiger partial charge in [0, 0.05) is 12.6 Å². The maximum atomic E-state index is 3.70. The van der Waals surface area contributed by atoms with Crippen LogP contribution in [-0.4, -0.2) is 0 Å². The van der Waals surface area contributed by atoms with Crippen LogP contribution in [0.25, 0.3) is 0 Å². The molecule has 0 saturated carbocycles. The van der Waals surface area contributed by atoms with Gasteiger partial charge in [-0.3, -0.25) is 0 Å². The Morgan fingerprint density at radius 2 is 1.70 bits per heavy atom. The Bertz CT molecular complexity index is 531. The molecule has 2 aromatic rings. The molecule has 0 radical (unpaired) electrons. The van der Waals surface area contributed by atoms with Crippen LogP contribution in [0.3, 0.4) is 0 Å². The van der Waals surface area contributed by atoms with E-state index in [4.69, 9.17) is 0 Å². The van der Waals surface area contributed by atoms with Crippen LogP contribution < -0.4 is 5.32 Å². The maximum Gasteiger partial charge on any atom is 0.0323 e. The van der Waals surface area contributed by atoms with E-state index in [0.29, 0.717) is 6.04 Å². The van der Waals surface area contributed by atoms with Crippen LogP contribution >= 0.6 is 0 Å². The van der Waals surface area contributed by atoms with Gasteiger partial charge in [-0.15, -0.1) is 0 Å². The Kier molecular flexibility index (Phi) is 5.37. The van der Waals surface area contributed by atoms with Crippen molar-refractivity contribution in [2.24, 2.45) is 0 Å². The molecule has 0 aliphatic heterocycles. The summed E-state index contributed by atoms with van der Waals surface area (Å²) < 4.78 is 0. The molecule has 20 heavy (non-hydrogen) atoms. The van der Waals surface area contributed by atoms with Gasteiger partial charge in [0.05, 0.1) is 0 Å². The van der Waals surface area contributed by atoms with Gasteiger partial charge < -0.3 is 5.32 Å². The molecule has 0 aliphatic carbocycles. The minimum absolute atomic E-state index is 0.447. The van der Waals surface area contributed by atoms with Gasteiger partial charge >= 0.3 is 0 Å². The van der Waals surface area contributed by atoms with Crippen LogP contribution in [0.5, 0.6) is 0 Å². The van der Waals surface area contributed by atoms with E-state index in [2.05, 4.69) is 74.6 Å². The van der Waals surface area contributed by atoms with Crippen LogP contribution in [0.4, 0.5) is 0 Å². The Balaban J connectivity index is 2.03. The number of aryl methyl sites for hydroxylation is 2. The smallest absolute Gasteiger partial charge is 0.0323 e. The van der Waals surface area contributed by atoms with E-state index in [1.807, 2.05) is 0 Å². The van der Waals surface area contributed by atoms with E-state index < -0.39 is 0 Å². The fraction of sp³-hybridized carbons (Fsp3) is 0.368. The number of nitrogens with one attached hydrogen (secondary N) is 1. The first-order chi connectivity index (χ1) is 9.70. The van der Waals surface area contributed by atoms with Crippen LogP contribution in [-0.2, 0) is 6.54 Å². The molecule has 2 aromatic carbocycles. The Labute approximate surface area is 123 Å². The molecule has 0 bridgehead atoms. The van der Waals surface area contributed by atoms with Crippen LogP contribution in [0.2, 0.25) is 0 Å². The molecule has 106 valence electrons. The van der Waals surface area contributed by atoms with E-state index in [0.717, 1.165) is 6.54 Å². The fourth-order valence-corrected chi connectivity index (χ4v) is 2.52. The molecule has 0 saturated heterocycles. The van der Waals surface area contributed by atoms with Crippen molar-refractivity contribution < 1.29 is 0 Å². The second-order valence-corrected chi connectivity index (χ2v) is 5.55. The van der Waals surface area contributed by atoms with Crippen molar-refractivity contribution in [3.05, 3.63) is 70.8 Å². The standard InChI is InChI=1S/C19H25N/c1-4-8-19(18-9-6-5-7-10-18)20-14-17-12-11-15(2)16(3)13-17/h5-7,9-13,19-20H,4,8,14H2,1-3H3. The quantitative estimate of drug-likeness (QED) is 0.782. The highest BCUT2D eigenvalue weighted by Crippen LogP contribution is 2.19. The van der Waals surface area contributed by atoms with Gasteiger partial charge in [0.15, 0.2) is 0 Å². The van der Waals surface area contributed by atoms with Gasteiger partial charge in [-0.1, -0.05) is 61.9 Å². The van der Waals surface area contributed by atoms with Crippen molar-refractivity contribution in [3.63, 3.8) is 0 Å². The van der Waals surface area contributed by atoms with Gasteiger partial charge in [0.1, 0.15) is 0 Å². The van der Waals surface area contributed by atoms with Crippen molar-refractivity contribution in [3.8, 4) is 0 Å². The Hall–Kier alpha value is -1.60. The van der Waals surface area contributed by atoms with Gasteiger partial charge in [-0.25, -0.2) is 0 Å². The summed E-state index contributed by atoms with van der Waals surface area (Å²) in [6.45, 7) is 7.52. The zero-order valence-electron chi connectivity index (χ0n) is 12.8. The second-order valence-electron chi connectivity index (χ2n) is 5.55. The van der Waals surface area contributed by atoms with E-state index in [9.17, 15) is 0 Å². The lowest BCUT2D eigenvalue weighted by molar-refractivity contribution is 0.493. The van der Waals surface area contributed by atoms with Gasteiger partial charge in [-0.05, 0) is 42.5 Å². The summed E-state index contributed by atoms with van der Waals surface area (Å²) in [5.41, 5.74) is 5.49. The number of hydrogen-bond donors (Lipinski definition) is 1. The zero-order valence-corrected chi connectivity index (χ0v) is 12.8. The highest BCUT2D eigenvalue weighted by molar-refractivity contribution is 5.30. The molecule has 1 heteroatoms. The monoisotopic (exact) mass is 267 g/mol. The van der Waals surface area contributed by atoms with Gasteiger partial charge in [-0.2, -0.15) is 0 Å². The molecule has 0 amide bonds. The molecule has 2 rings (SSSR count). The minimum Gasteiger partial charge on any atom is -0.306 e. The number of hydrogen-bond acceptors (Lipinski definition) is 1. The summed E-state index contributed by atoms with van der Waals surface area (Å²) in [5.74, 6) is 0. The number of rotatable bonds is 6. The lowest BCUT2D eigenvalue weighted by Gasteiger charge is -2.19. The molecule has 1 unspecified atom stereocenters. The highest BCUT2D eigenvalue weighted by Gasteiger charge is 2.09. The van der Waals surface area contributed by atoms with Crippen molar-refractivity contribution in [2.45, 2.75) is 46.2 Å². The highest BCUT2D eigenvalue weighted by atomic mass is 14.9.